The number of hydrogen-bond donors (Lipinski definition) is 1. The van der Waals surface area contributed by atoms with Gasteiger partial charge in [-0.05, 0) is 27.7 Å². The van der Waals surface area contributed by atoms with Gasteiger partial charge in [-0.25, -0.2) is 0 Å². The predicted molar refractivity (Wildman–Crippen MR) is 56.8 cm³/mol. The zero-order valence-corrected chi connectivity index (χ0v) is 9.98. The number of hydrogen-bond acceptors (Lipinski definition) is 5. The molecule has 0 aliphatic heterocycles. The largest absolute Gasteiger partial charge is 0.465 e. The average molecular weight is 227 g/mol. The maximum atomic E-state index is 11.4. The first kappa shape index (κ1) is 12.7. The molecule has 0 saturated carbocycles. The number of carbonyl (C=O) groups is 1. The fourth-order valence-corrected chi connectivity index (χ4v) is 1.17. The van der Waals surface area contributed by atoms with Gasteiger partial charge in [-0.2, -0.15) is 0 Å². The standard InChI is InChI=1S/C11H17NO4/c1-5-15-10(13)7(2)8-6-9(16-12-8)11(3,4)14/h6-7,14H,5H2,1-4H3. The quantitative estimate of drug-likeness (QED) is 0.790. The zero-order chi connectivity index (χ0) is 12.3. The van der Waals surface area contributed by atoms with Crippen LogP contribution in [0, 0.1) is 0 Å². The van der Waals surface area contributed by atoms with Crippen molar-refractivity contribution in [3.63, 3.8) is 0 Å². The van der Waals surface area contributed by atoms with Crippen LogP contribution >= 0.6 is 0 Å². The molecule has 16 heavy (non-hydrogen) atoms. The number of nitrogens with zero attached hydrogens (tertiary/aromatic N) is 1. The van der Waals surface area contributed by atoms with Crippen molar-refractivity contribution in [2.75, 3.05) is 6.61 Å². The summed E-state index contributed by atoms with van der Waals surface area (Å²) in [7, 11) is 0. The van der Waals surface area contributed by atoms with Gasteiger partial charge >= 0.3 is 5.97 Å². The summed E-state index contributed by atoms with van der Waals surface area (Å²) < 4.78 is 9.84. The lowest BCUT2D eigenvalue weighted by Gasteiger charge is -2.11. The van der Waals surface area contributed by atoms with Gasteiger partial charge in [0.25, 0.3) is 0 Å². The first-order chi connectivity index (χ1) is 7.36. The summed E-state index contributed by atoms with van der Waals surface area (Å²) in [4.78, 5) is 11.4. The second-order valence-corrected chi connectivity index (χ2v) is 4.15. The van der Waals surface area contributed by atoms with E-state index in [0.29, 0.717) is 18.1 Å². The number of carbonyl (C=O) groups excluding carboxylic acids is 1. The maximum absolute atomic E-state index is 11.4. The van der Waals surface area contributed by atoms with Crippen LogP contribution in [0.15, 0.2) is 10.6 Å². The zero-order valence-electron chi connectivity index (χ0n) is 9.98. The van der Waals surface area contributed by atoms with Gasteiger partial charge in [0, 0.05) is 6.07 Å². The molecule has 0 amide bonds. The average Bonchev–Trinajstić information content (AvgIpc) is 2.65. The molecule has 5 nitrogen and oxygen atoms in total. The van der Waals surface area contributed by atoms with Crippen molar-refractivity contribution in [1.82, 2.24) is 5.16 Å². The van der Waals surface area contributed by atoms with Crippen LogP contribution in [0.2, 0.25) is 0 Å². The van der Waals surface area contributed by atoms with E-state index in [2.05, 4.69) is 5.16 Å². The van der Waals surface area contributed by atoms with E-state index in [0.717, 1.165) is 0 Å². The van der Waals surface area contributed by atoms with Crippen LogP contribution < -0.4 is 0 Å². The van der Waals surface area contributed by atoms with Gasteiger partial charge in [-0.3, -0.25) is 4.79 Å². The van der Waals surface area contributed by atoms with E-state index in [-0.39, 0.29) is 5.97 Å². The van der Waals surface area contributed by atoms with E-state index < -0.39 is 11.5 Å². The molecule has 0 spiro atoms. The van der Waals surface area contributed by atoms with Gasteiger partial charge in [0.2, 0.25) is 0 Å². The number of rotatable bonds is 4. The summed E-state index contributed by atoms with van der Waals surface area (Å²) in [5, 5.41) is 13.4. The highest BCUT2D eigenvalue weighted by Gasteiger charge is 2.26. The van der Waals surface area contributed by atoms with Gasteiger partial charge in [-0.15, -0.1) is 0 Å². The van der Waals surface area contributed by atoms with Crippen LogP contribution in [0.5, 0.6) is 0 Å². The summed E-state index contributed by atoms with van der Waals surface area (Å²) in [6.07, 6.45) is 0. The summed E-state index contributed by atoms with van der Waals surface area (Å²) in [5.74, 6) is -0.503. The van der Waals surface area contributed by atoms with Crippen molar-refractivity contribution in [2.45, 2.75) is 39.2 Å². The van der Waals surface area contributed by atoms with E-state index in [1.54, 1.807) is 33.8 Å². The second-order valence-electron chi connectivity index (χ2n) is 4.15. The fourth-order valence-electron chi connectivity index (χ4n) is 1.17. The molecular weight excluding hydrogens is 210 g/mol. The van der Waals surface area contributed by atoms with Crippen LogP contribution in [0.25, 0.3) is 0 Å². The third kappa shape index (κ3) is 2.82. The van der Waals surface area contributed by atoms with Crippen molar-refractivity contribution in [3.8, 4) is 0 Å². The molecule has 0 radical (unpaired) electrons. The molecule has 1 atom stereocenters. The molecule has 0 bridgehead atoms. The summed E-state index contributed by atoms with van der Waals surface area (Å²) in [5.41, 5.74) is -0.629. The SMILES string of the molecule is CCOC(=O)C(C)c1cc(C(C)(C)O)on1. The van der Waals surface area contributed by atoms with E-state index in [4.69, 9.17) is 9.26 Å². The van der Waals surface area contributed by atoms with Crippen LogP contribution in [-0.2, 0) is 15.1 Å². The van der Waals surface area contributed by atoms with Crippen molar-refractivity contribution in [3.05, 3.63) is 17.5 Å². The Labute approximate surface area is 94.4 Å². The van der Waals surface area contributed by atoms with Crippen LogP contribution in [0.4, 0.5) is 0 Å². The molecule has 1 N–H and O–H groups in total. The number of aromatic nitrogens is 1. The Morgan fingerprint density at radius 2 is 2.31 bits per heavy atom. The van der Waals surface area contributed by atoms with Gasteiger partial charge in [0.1, 0.15) is 5.60 Å². The minimum atomic E-state index is -1.10. The Balaban J connectivity index is 2.82. The lowest BCUT2D eigenvalue weighted by Crippen LogP contribution is -2.15. The third-order valence-corrected chi connectivity index (χ3v) is 2.22. The number of aliphatic hydroxyl groups is 1. The van der Waals surface area contributed by atoms with Gasteiger partial charge in [-0.1, -0.05) is 5.16 Å². The molecule has 5 heteroatoms. The molecule has 0 fully saturated rings. The number of ether oxygens (including phenoxy) is 1. The molecule has 1 aromatic heterocycles. The Bertz CT molecular complexity index is 364. The van der Waals surface area contributed by atoms with Gasteiger partial charge in [0.15, 0.2) is 5.76 Å². The van der Waals surface area contributed by atoms with E-state index in [1.165, 1.54) is 0 Å². The molecule has 1 unspecified atom stereocenters. The second kappa shape index (κ2) is 4.65. The highest BCUT2D eigenvalue weighted by Crippen LogP contribution is 2.24. The molecule has 1 rings (SSSR count). The molecule has 0 aromatic carbocycles. The van der Waals surface area contributed by atoms with Crippen LogP contribution in [-0.4, -0.2) is 22.8 Å². The first-order valence-corrected chi connectivity index (χ1v) is 5.22. The van der Waals surface area contributed by atoms with Crippen molar-refractivity contribution in [2.24, 2.45) is 0 Å². The monoisotopic (exact) mass is 227 g/mol. The normalized spacial score (nSPS) is 13.6. The highest BCUT2D eigenvalue weighted by atomic mass is 16.5. The third-order valence-electron chi connectivity index (χ3n) is 2.22. The number of esters is 1. The Morgan fingerprint density at radius 3 is 2.75 bits per heavy atom. The Kier molecular flexibility index (Phi) is 3.70. The lowest BCUT2D eigenvalue weighted by molar-refractivity contribution is -0.144. The van der Waals surface area contributed by atoms with Crippen molar-refractivity contribution in [1.29, 1.82) is 0 Å². The van der Waals surface area contributed by atoms with Gasteiger partial charge < -0.3 is 14.4 Å². The Morgan fingerprint density at radius 1 is 1.69 bits per heavy atom. The first-order valence-electron chi connectivity index (χ1n) is 5.22. The van der Waals surface area contributed by atoms with Crippen LogP contribution in [0.1, 0.15) is 45.1 Å². The molecule has 90 valence electrons. The van der Waals surface area contributed by atoms with E-state index in [9.17, 15) is 9.90 Å². The Hall–Kier alpha value is -1.36. The minimum Gasteiger partial charge on any atom is -0.465 e. The van der Waals surface area contributed by atoms with Crippen molar-refractivity contribution < 1.29 is 19.2 Å². The predicted octanol–water partition coefficient (Wildman–Crippen LogP) is 1.57. The summed E-state index contributed by atoms with van der Waals surface area (Å²) >= 11 is 0. The summed E-state index contributed by atoms with van der Waals surface area (Å²) in [6.45, 7) is 6.94. The lowest BCUT2D eigenvalue weighted by atomic mass is 10.0. The topological polar surface area (TPSA) is 72.6 Å². The smallest absolute Gasteiger partial charge is 0.314 e. The molecule has 1 heterocycles. The maximum Gasteiger partial charge on any atom is 0.314 e. The highest BCUT2D eigenvalue weighted by molar-refractivity contribution is 5.76. The molecule has 0 aliphatic rings. The minimum absolute atomic E-state index is 0.332. The molecule has 1 aromatic rings. The molecular formula is C11H17NO4. The molecule has 0 saturated heterocycles. The van der Waals surface area contributed by atoms with Crippen molar-refractivity contribution >= 4 is 5.97 Å². The van der Waals surface area contributed by atoms with Crippen LogP contribution in [0.3, 0.4) is 0 Å². The fraction of sp³-hybridized carbons (Fsp3) is 0.636. The molecule has 0 aliphatic carbocycles. The van der Waals surface area contributed by atoms with Gasteiger partial charge in [0.05, 0.1) is 18.2 Å². The summed E-state index contributed by atoms with van der Waals surface area (Å²) in [6, 6.07) is 1.57. The van der Waals surface area contributed by atoms with E-state index in [1.807, 2.05) is 0 Å². The van der Waals surface area contributed by atoms with E-state index >= 15 is 0 Å².